The molecule has 0 atom stereocenters. The predicted octanol–water partition coefficient (Wildman–Crippen LogP) is 7.10. The molecule has 0 spiro atoms. The lowest BCUT2D eigenvalue weighted by Gasteiger charge is -2.15. The highest BCUT2D eigenvalue weighted by molar-refractivity contribution is 6.30. The summed E-state index contributed by atoms with van der Waals surface area (Å²) in [6, 6.07) is 29.0. The maximum Gasteiger partial charge on any atom is -0.00110 e. The zero-order valence-electron chi connectivity index (χ0n) is 14.0. The molecular formula is C25H16. The minimum absolute atomic E-state index is 1.33. The Bertz CT molecular complexity index is 1330. The zero-order valence-corrected chi connectivity index (χ0v) is 14.0. The molecule has 0 N–H and O–H groups in total. The first kappa shape index (κ1) is 13.2. The molecule has 0 fully saturated rings. The van der Waals surface area contributed by atoms with E-state index in [-0.39, 0.29) is 0 Å². The first-order valence-corrected chi connectivity index (χ1v) is 8.81. The minimum Gasteiger partial charge on any atom is -0.0616 e. The van der Waals surface area contributed by atoms with Gasteiger partial charge in [-0.3, -0.25) is 0 Å². The van der Waals surface area contributed by atoms with Crippen molar-refractivity contribution in [1.82, 2.24) is 0 Å². The molecule has 0 bridgehead atoms. The largest absolute Gasteiger partial charge is 0.0616 e. The maximum atomic E-state index is 2.29. The van der Waals surface area contributed by atoms with Crippen molar-refractivity contribution in [3.63, 3.8) is 0 Å². The third kappa shape index (κ3) is 1.52. The van der Waals surface area contributed by atoms with Crippen LogP contribution in [0.2, 0.25) is 0 Å². The Kier molecular flexibility index (Phi) is 2.37. The van der Waals surface area contributed by atoms with Crippen LogP contribution in [0, 0.1) is 6.92 Å². The smallest absolute Gasteiger partial charge is 0.00110 e. The quantitative estimate of drug-likeness (QED) is 0.262. The van der Waals surface area contributed by atoms with E-state index in [1.165, 1.54) is 60.1 Å². The van der Waals surface area contributed by atoms with Gasteiger partial charge in [0.1, 0.15) is 0 Å². The van der Waals surface area contributed by atoms with E-state index in [9.17, 15) is 0 Å². The summed E-state index contributed by atoms with van der Waals surface area (Å²) < 4.78 is 0. The van der Waals surface area contributed by atoms with Gasteiger partial charge in [-0.25, -0.2) is 0 Å². The van der Waals surface area contributed by atoms with Gasteiger partial charge in [0.2, 0.25) is 0 Å². The number of fused-ring (bicyclic) bond motifs is 8. The van der Waals surface area contributed by atoms with E-state index in [1.54, 1.807) is 0 Å². The monoisotopic (exact) mass is 316 g/mol. The predicted molar refractivity (Wildman–Crippen MR) is 108 cm³/mol. The number of hydrogen-bond acceptors (Lipinski definition) is 0. The summed E-state index contributed by atoms with van der Waals surface area (Å²) in [5.74, 6) is 0. The van der Waals surface area contributed by atoms with Crippen molar-refractivity contribution in [2.75, 3.05) is 0 Å². The second-order valence-electron chi connectivity index (χ2n) is 7.00. The van der Waals surface area contributed by atoms with Gasteiger partial charge in [-0.1, -0.05) is 78.9 Å². The summed E-state index contributed by atoms with van der Waals surface area (Å²) in [6.07, 6.45) is 0. The SMILES string of the molecule is Cc1cccc2c1c1c(c3ccccc32)-c2cccc3cccc-1c23. The van der Waals surface area contributed by atoms with Crippen LogP contribution in [-0.4, -0.2) is 0 Å². The maximum absolute atomic E-state index is 2.29. The van der Waals surface area contributed by atoms with Crippen molar-refractivity contribution in [2.45, 2.75) is 6.92 Å². The van der Waals surface area contributed by atoms with E-state index in [0.29, 0.717) is 0 Å². The highest BCUT2D eigenvalue weighted by Crippen LogP contribution is 2.53. The molecule has 0 saturated carbocycles. The Balaban J connectivity index is 2.02. The van der Waals surface area contributed by atoms with Crippen LogP contribution in [0.5, 0.6) is 0 Å². The van der Waals surface area contributed by atoms with Crippen LogP contribution >= 0.6 is 0 Å². The number of hydrogen-bond donors (Lipinski definition) is 0. The Morgan fingerprint density at radius 3 is 1.92 bits per heavy atom. The van der Waals surface area contributed by atoms with Crippen molar-refractivity contribution in [3.05, 3.63) is 84.4 Å². The topological polar surface area (TPSA) is 0 Å². The van der Waals surface area contributed by atoms with Crippen molar-refractivity contribution in [2.24, 2.45) is 0 Å². The molecule has 5 aromatic rings. The second kappa shape index (κ2) is 4.49. The van der Waals surface area contributed by atoms with Gasteiger partial charge >= 0.3 is 0 Å². The van der Waals surface area contributed by atoms with Gasteiger partial charge in [-0.15, -0.1) is 0 Å². The van der Waals surface area contributed by atoms with Gasteiger partial charge in [0.05, 0.1) is 0 Å². The average molecular weight is 316 g/mol. The third-order valence-corrected chi connectivity index (χ3v) is 5.70. The molecule has 0 heterocycles. The highest BCUT2D eigenvalue weighted by Gasteiger charge is 2.26. The van der Waals surface area contributed by atoms with Crippen molar-refractivity contribution in [1.29, 1.82) is 0 Å². The molecule has 0 aliphatic heterocycles. The summed E-state index contributed by atoms with van der Waals surface area (Å²) in [6.45, 7) is 2.24. The molecule has 6 rings (SSSR count). The second-order valence-corrected chi connectivity index (χ2v) is 7.00. The molecule has 5 aromatic carbocycles. The lowest BCUT2D eigenvalue weighted by atomic mass is 9.88. The van der Waals surface area contributed by atoms with Crippen molar-refractivity contribution < 1.29 is 0 Å². The molecule has 0 radical (unpaired) electrons. The van der Waals surface area contributed by atoms with Crippen LogP contribution in [0.25, 0.3) is 54.6 Å². The fraction of sp³-hybridized carbons (Fsp3) is 0.0400. The van der Waals surface area contributed by atoms with Crippen LogP contribution in [0.1, 0.15) is 5.56 Å². The van der Waals surface area contributed by atoms with E-state index >= 15 is 0 Å². The summed E-state index contributed by atoms with van der Waals surface area (Å²) in [7, 11) is 0. The molecule has 1 aliphatic rings. The first-order chi connectivity index (χ1) is 12.3. The first-order valence-electron chi connectivity index (χ1n) is 8.81. The summed E-state index contributed by atoms with van der Waals surface area (Å²) in [4.78, 5) is 0. The Morgan fingerprint density at radius 2 is 1.12 bits per heavy atom. The lowest BCUT2D eigenvalue weighted by Crippen LogP contribution is -1.88. The van der Waals surface area contributed by atoms with Crippen LogP contribution < -0.4 is 0 Å². The zero-order chi connectivity index (χ0) is 16.5. The highest BCUT2D eigenvalue weighted by atomic mass is 14.3. The normalized spacial score (nSPS) is 12.2. The third-order valence-electron chi connectivity index (χ3n) is 5.70. The van der Waals surface area contributed by atoms with Gasteiger partial charge in [-0.2, -0.15) is 0 Å². The van der Waals surface area contributed by atoms with E-state index in [1.807, 2.05) is 0 Å². The van der Waals surface area contributed by atoms with Crippen LogP contribution in [0.3, 0.4) is 0 Å². The van der Waals surface area contributed by atoms with Gasteiger partial charge in [0.25, 0.3) is 0 Å². The van der Waals surface area contributed by atoms with Crippen LogP contribution in [0.15, 0.2) is 78.9 Å². The van der Waals surface area contributed by atoms with Crippen molar-refractivity contribution >= 4 is 32.3 Å². The van der Waals surface area contributed by atoms with Gasteiger partial charge in [0, 0.05) is 0 Å². The van der Waals surface area contributed by atoms with Gasteiger partial charge < -0.3 is 0 Å². The summed E-state index contributed by atoms with van der Waals surface area (Å²) in [5.41, 5.74) is 6.93. The molecular weight excluding hydrogens is 300 g/mol. The van der Waals surface area contributed by atoms with E-state index in [2.05, 4.69) is 85.8 Å². The average Bonchev–Trinajstić information content (AvgIpc) is 2.99. The number of aryl methyl sites for hydroxylation is 1. The standard InChI is InChI=1S/C25H16/c1-15-7-4-12-18-17-10-2-3-11-19(17)24-20-13-5-8-16-9-6-14-21(23(16)20)25(24)22(15)18/h2-14H,1H3. The minimum atomic E-state index is 1.33. The van der Waals surface area contributed by atoms with Crippen LogP contribution in [-0.2, 0) is 0 Å². The van der Waals surface area contributed by atoms with E-state index < -0.39 is 0 Å². The molecule has 116 valence electrons. The molecule has 1 aliphatic carbocycles. The molecule has 0 unspecified atom stereocenters. The Labute approximate surface area is 146 Å². The lowest BCUT2D eigenvalue weighted by molar-refractivity contribution is 1.54. The molecule has 0 aromatic heterocycles. The Hall–Kier alpha value is -3.12. The van der Waals surface area contributed by atoms with E-state index in [4.69, 9.17) is 0 Å². The summed E-state index contributed by atoms with van der Waals surface area (Å²) in [5, 5.41) is 8.21. The molecule has 0 heteroatoms. The molecule has 0 saturated heterocycles. The fourth-order valence-corrected chi connectivity index (χ4v) is 4.73. The van der Waals surface area contributed by atoms with Gasteiger partial charge in [-0.05, 0) is 67.1 Å². The Morgan fingerprint density at radius 1 is 0.480 bits per heavy atom. The molecule has 0 nitrogen and oxygen atoms in total. The fourth-order valence-electron chi connectivity index (χ4n) is 4.73. The molecule has 25 heavy (non-hydrogen) atoms. The molecule has 0 amide bonds. The van der Waals surface area contributed by atoms with Crippen molar-refractivity contribution in [3.8, 4) is 22.3 Å². The van der Waals surface area contributed by atoms with Crippen LogP contribution in [0.4, 0.5) is 0 Å². The number of benzene rings is 5. The van der Waals surface area contributed by atoms with Gasteiger partial charge in [0.15, 0.2) is 0 Å². The summed E-state index contributed by atoms with van der Waals surface area (Å²) >= 11 is 0. The van der Waals surface area contributed by atoms with E-state index in [0.717, 1.165) is 0 Å². The number of rotatable bonds is 0.